The fraction of sp³-hybridized carbons (Fsp3) is 0.818. The Kier molecular flexibility index (Phi) is 5.83. The number of rotatable bonds is 5. The lowest BCUT2D eigenvalue weighted by molar-refractivity contribution is -0.120. The maximum atomic E-state index is 11.1. The van der Waals surface area contributed by atoms with Crippen LogP contribution in [0.5, 0.6) is 0 Å². The number of nitriles is 1. The minimum Gasteiger partial charge on any atom is -0.379 e. The van der Waals surface area contributed by atoms with E-state index in [0.717, 1.165) is 32.8 Å². The molecule has 1 amide bonds. The third kappa shape index (κ3) is 5.10. The fourth-order valence-corrected chi connectivity index (χ4v) is 1.71. The van der Waals surface area contributed by atoms with Gasteiger partial charge in [-0.15, -0.1) is 0 Å². The summed E-state index contributed by atoms with van der Waals surface area (Å²) in [4.78, 5) is 13.4. The fourth-order valence-electron chi connectivity index (χ4n) is 1.71. The third-order valence-corrected chi connectivity index (χ3v) is 2.56. The molecule has 1 aliphatic rings. The van der Waals surface area contributed by atoms with Gasteiger partial charge < -0.3 is 10.1 Å². The van der Waals surface area contributed by atoms with Crippen LogP contribution in [0, 0.1) is 17.2 Å². The lowest BCUT2D eigenvalue weighted by Gasteiger charge is -2.29. The molecule has 0 radical (unpaired) electrons. The van der Waals surface area contributed by atoms with Gasteiger partial charge in [-0.05, 0) is 5.92 Å². The normalized spacial score (nSPS) is 18.8. The van der Waals surface area contributed by atoms with Gasteiger partial charge in [0, 0.05) is 26.2 Å². The second-order valence-corrected chi connectivity index (χ2v) is 4.16. The van der Waals surface area contributed by atoms with E-state index in [1.54, 1.807) is 0 Å². The second-order valence-electron chi connectivity index (χ2n) is 4.16. The predicted octanol–water partition coefficient (Wildman–Crippen LogP) is -0.0154. The lowest BCUT2D eigenvalue weighted by Crippen LogP contribution is -2.41. The molecular formula is C11H19N3O2. The SMILES string of the molecule is CC(CNC(=O)CC#N)CN1CCOCC1. The molecule has 1 aliphatic heterocycles. The van der Waals surface area contributed by atoms with Crippen molar-refractivity contribution in [3.8, 4) is 6.07 Å². The summed E-state index contributed by atoms with van der Waals surface area (Å²) in [6.07, 6.45) is -0.0513. The molecule has 0 aromatic carbocycles. The van der Waals surface area contributed by atoms with Crippen LogP contribution in [0.1, 0.15) is 13.3 Å². The molecule has 0 saturated carbocycles. The van der Waals surface area contributed by atoms with Gasteiger partial charge in [0.15, 0.2) is 0 Å². The summed E-state index contributed by atoms with van der Waals surface area (Å²) in [6.45, 7) is 7.24. The average Bonchev–Trinajstić information content (AvgIpc) is 2.28. The van der Waals surface area contributed by atoms with Crippen LogP contribution in [0.15, 0.2) is 0 Å². The Bertz CT molecular complexity index is 256. The van der Waals surface area contributed by atoms with Crippen molar-refractivity contribution in [1.29, 1.82) is 5.26 Å². The minimum absolute atomic E-state index is 0.0513. The molecular weight excluding hydrogens is 206 g/mol. The molecule has 1 unspecified atom stereocenters. The summed E-state index contributed by atoms with van der Waals surface area (Å²) in [7, 11) is 0. The Balaban J connectivity index is 2.12. The first-order chi connectivity index (χ1) is 7.72. The number of nitrogens with one attached hydrogen (secondary N) is 1. The zero-order valence-corrected chi connectivity index (χ0v) is 9.74. The number of hydrogen-bond donors (Lipinski definition) is 1. The van der Waals surface area contributed by atoms with Gasteiger partial charge in [-0.3, -0.25) is 9.69 Å². The molecule has 0 spiro atoms. The monoisotopic (exact) mass is 225 g/mol. The van der Waals surface area contributed by atoms with Crippen molar-refractivity contribution < 1.29 is 9.53 Å². The van der Waals surface area contributed by atoms with Crippen LogP contribution in [0.25, 0.3) is 0 Å². The van der Waals surface area contributed by atoms with Gasteiger partial charge in [-0.1, -0.05) is 6.92 Å². The summed E-state index contributed by atoms with van der Waals surface area (Å²) in [5.41, 5.74) is 0. The van der Waals surface area contributed by atoms with Crippen molar-refractivity contribution in [3.63, 3.8) is 0 Å². The largest absolute Gasteiger partial charge is 0.379 e. The van der Waals surface area contributed by atoms with E-state index in [0.29, 0.717) is 12.5 Å². The zero-order valence-electron chi connectivity index (χ0n) is 9.74. The van der Waals surface area contributed by atoms with E-state index in [4.69, 9.17) is 10.00 Å². The molecule has 1 fully saturated rings. The first kappa shape index (κ1) is 12.9. The highest BCUT2D eigenvalue weighted by Crippen LogP contribution is 2.02. The molecule has 0 aromatic rings. The number of morpholine rings is 1. The summed E-state index contributed by atoms with van der Waals surface area (Å²) in [6, 6.07) is 1.83. The Morgan fingerprint density at radius 2 is 2.25 bits per heavy atom. The number of amides is 1. The molecule has 0 aromatic heterocycles. The van der Waals surface area contributed by atoms with Gasteiger partial charge in [0.2, 0.25) is 5.91 Å². The molecule has 5 heteroatoms. The summed E-state index contributed by atoms with van der Waals surface area (Å²) in [5, 5.41) is 11.1. The Hall–Kier alpha value is -1.12. The van der Waals surface area contributed by atoms with Crippen LogP contribution in [-0.2, 0) is 9.53 Å². The molecule has 1 rings (SSSR count). The Morgan fingerprint density at radius 3 is 2.88 bits per heavy atom. The molecule has 90 valence electrons. The van der Waals surface area contributed by atoms with E-state index >= 15 is 0 Å². The minimum atomic E-state index is -0.184. The molecule has 5 nitrogen and oxygen atoms in total. The lowest BCUT2D eigenvalue weighted by atomic mass is 10.1. The quantitative estimate of drug-likeness (QED) is 0.714. The summed E-state index contributed by atoms with van der Waals surface area (Å²) < 4.78 is 5.26. The number of carbonyl (C=O) groups excluding carboxylic acids is 1. The van der Waals surface area contributed by atoms with E-state index in [2.05, 4.69) is 17.1 Å². The zero-order chi connectivity index (χ0) is 11.8. The predicted molar refractivity (Wildman–Crippen MR) is 59.7 cm³/mol. The summed E-state index contributed by atoms with van der Waals surface area (Å²) in [5.74, 6) is 0.220. The van der Waals surface area contributed by atoms with E-state index in [-0.39, 0.29) is 12.3 Å². The van der Waals surface area contributed by atoms with Crippen LogP contribution >= 0.6 is 0 Å². The van der Waals surface area contributed by atoms with Crippen molar-refractivity contribution in [2.75, 3.05) is 39.4 Å². The molecule has 1 saturated heterocycles. The number of ether oxygens (including phenoxy) is 1. The van der Waals surface area contributed by atoms with Crippen molar-refractivity contribution in [3.05, 3.63) is 0 Å². The van der Waals surface area contributed by atoms with E-state index in [1.807, 2.05) is 6.07 Å². The van der Waals surface area contributed by atoms with Crippen LogP contribution in [0.4, 0.5) is 0 Å². The third-order valence-electron chi connectivity index (χ3n) is 2.56. The first-order valence-corrected chi connectivity index (χ1v) is 5.66. The number of nitrogens with zero attached hydrogens (tertiary/aromatic N) is 2. The van der Waals surface area contributed by atoms with Gasteiger partial charge in [-0.25, -0.2) is 0 Å². The van der Waals surface area contributed by atoms with Crippen LogP contribution in [-0.4, -0.2) is 50.2 Å². The molecule has 0 bridgehead atoms. The van der Waals surface area contributed by atoms with Crippen LogP contribution < -0.4 is 5.32 Å². The molecule has 0 aliphatic carbocycles. The maximum Gasteiger partial charge on any atom is 0.234 e. The number of hydrogen-bond acceptors (Lipinski definition) is 4. The van der Waals surface area contributed by atoms with Crippen molar-refractivity contribution >= 4 is 5.91 Å². The topological polar surface area (TPSA) is 65.4 Å². The van der Waals surface area contributed by atoms with E-state index < -0.39 is 0 Å². The maximum absolute atomic E-state index is 11.1. The molecule has 1 heterocycles. The molecule has 16 heavy (non-hydrogen) atoms. The van der Waals surface area contributed by atoms with Gasteiger partial charge in [0.25, 0.3) is 0 Å². The van der Waals surface area contributed by atoms with Crippen LogP contribution in [0.3, 0.4) is 0 Å². The highest BCUT2D eigenvalue weighted by Gasteiger charge is 2.13. The Morgan fingerprint density at radius 1 is 1.56 bits per heavy atom. The second kappa shape index (κ2) is 7.20. The van der Waals surface area contributed by atoms with Crippen molar-refractivity contribution in [2.45, 2.75) is 13.3 Å². The summed E-state index contributed by atoms with van der Waals surface area (Å²) >= 11 is 0. The van der Waals surface area contributed by atoms with Crippen LogP contribution in [0.2, 0.25) is 0 Å². The average molecular weight is 225 g/mol. The highest BCUT2D eigenvalue weighted by atomic mass is 16.5. The number of carbonyl (C=O) groups is 1. The van der Waals surface area contributed by atoms with Gasteiger partial charge in [0.05, 0.1) is 19.3 Å². The Labute approximate surface area is 96.4 Å². The molecule has 1 atom stereocenters. The highest BCUT2D eigenvalue weighted by molar-refractivity contribution is 5.77. The smallest absolute Gasteiger partial charge is 0.234 e. The van der Waals surface area contributed by atoms with Gasteiger partial charge in [-0.2, -0.15) is 5.26 Å². The molecule has 1 N–H and O–H groups in total. The van der Waals surface area contributed by atoms with Gasteiger partial charge in [0.1, 0.15) is 6.42 Å². The van der Waals surface area contributed by atoms with E-state index in [1.165, 1.54) is 0 Å². The van der Waals surface area contributed by atoms with Gasteiger partial charge >= 0.3 is 0 Å². The van der Waals surface area contributed by atoms with Crippen molar-refractivity contribution in [2.24, 2.45) is 5.92 Å². The standard InChI is InChI=1S/C11H19N3O2/c1-10(8-13-11(15)2-3-12)9-14-4-6-16-7-5-14/h10H,2,4-9H2,1H3,(H,13,15). The van der Waals surface area contributed by atoms with Crippen molar-refractivity contribution in [1.82, 2.24) is 10.2 Å². The van der Waals surface area contributed by atoms with E-state index in [9.17, 15) is 4.79 Å². The first-order valence-electron chi connectivity index (χ1n) is 5.66.